The first-order chi connectivity index (χ1) is 8.21. The first-order valence-corrected chi connectivity index (χ1v) is 7.30. The van der Waals surface area contributed by atoms with Gasteiger partial charge in [0.25, 0.3) is 0 Å². The Bertz CT molecular complexity index is 316. The van der Waals surface area contributed by atoms with Crippen molar-refractivity contribution >= 4 is 27.3 Å². The Labute approximate surface area is 115 Å². The summed E-state index contributed by atoms with van der Waals surface area (Å²) < 4.78 is 12.2. The lowest BCUT2D eigenvalue weighted by Gasteiger charge is -2.25. The van der Waals surface area contributed by atoms with Crippen LogP contribution in [0, 0.1) is 0 Å². The number of hydrazine groups is 1. The number of nitrogens with one attached hydrogen (secondary N) is 1. The molecule has 4 nitrogen and oxygen atoms in total. The molecule has 0 aliphatic carbocycles. The van der Waals surface area contributed by atoms with E-state index in [2.05, 4.69) is 32.8 Å². The van der Waals surface area contributed by atoms with E-state index in [-0.39, 0.29) is 12.3 Å². The van der Waals surface area contributed by atoms with E-state index in [0.717, 1.165) is 10.9 Å². The van der Waals surface area contributed by atoms with Gasteiger partial charge in [0.1, 0.15) is 0 Å². The Morgan fingerprint density at radius 3 is 2.47 bits per heavy atom. The number of hydrogen-bond donors (Lipinski definition) is 2. The molecule has 1 atom stereocenters. The van der Waals surface area contributed by atoms with Crippen LogP contribution in [0.1, 0.15) is 18.7 Å². The van der Waals surface area contributed by atoms with Crippen LogP contribution < -0.4 is 11.3 Å². The molecule has 1 aromatic rings. The Balaban J connectivity index is 2.61. The first-order valence-electron chi connectivity index (χ1n) is 5.63. The first kappa shape index (κ1) is 15.1. The molecule has 0 bridgehead atoms. The highest BCUT2D eigenvalue weighted by Crippen LogP contribution is 2.22. The van der Waals surface area contributed by atoms with Gasteiger partial charge in [0, 0.05) is 34.4 Å². The molecule has 0 aromatic carbocycles. The normalized spacial score (nSPS) is 13.2. The molecular weight excluding hydrogens is 304 g/mol. The molecule has 0 spiro atoms. The second-order valence-electron chi connectivity index (χ2n) is 3.49. The molecule has 1 aromatic heterocycles. The molecule has 3 N–H and O–H groups in total. The van der Waals surface area contributed by atoms with Crippen molar-refractivity contribution in [2.45, 2.75) is 32.6 Å². The van der Waals surface area contributed by atoms with Crippen LogP contribution >= 0.6 is 27.3 Å². The third-order valence-electron chi connectivity index (χ3n) is 2.25. The third-order valence-corrected chi connectivity index (χ3v) is 3.97. The minimum atomic E-state index is -0.309. The van der Waals surface area contributed by atoms with E-state index >= 15 is 0 Å². The largest absolute Gasteiger partial charge is 0.351 e. The number of ether oxygens (including phenoxy) is 2. The van der Waals surface area contributed by atoms with Gasteiger partial charge in [-0.15, -0.1) is 11.3 Å². The van der Waals surface area contributed by atoms with Crippen LogP contribution in [0.2, 0.25) is 0 Å². The highest BCUT2D eigenvalue weighted by molar-refractivity contribution is 9.10. The number of halogens is 1. The fourth-order valence-corrected chi connectivity index (χ4v) is 3.03. The molecule has 0 fully saturated rings. The predicted octanol–water partition coefficient (Wildman–Crippen LogP) is 2.28. The summed E-state index contributed by atoms with van der Waals surface area (Å²) >= 11 is 5.13. The zero-order valence-corrected chi connectivity index (χ0v) is 12.5. The molecule has 0 amide bonds. The van der Waals surface area contributed by atoms with Crippen LogP contribution in [0.5, 0.6) is 0 Å². The summed E-state index contributed by atoms with van der Waals surface area (Å²) in [6.07, 6.45) is 0.480. The molecule has 0 aliphatic rings. The summed E-state index contributed by atoms with van der Waals surface area (Å²) in [5.74, 6) is 5.57. The maximum absolute atomic E-state index is 5.57. The van der Waals surface area contributed by atoms with Gasteiger partial charge in [-0.1, -0.05) is 0 Å². The van der Waals surface area contributed by atoms with Crippen molar-refractivity contribution in [3.8, 4) is 0 Å². The summed E-state index contributed by atoms with van der Waals surface area (Å²) in [7, 11) is 0. The maximum Gasteiger partial charge on any atom is 0.174 e. The minimum Gasteiger partial charge on any atom is -0.351 e. The minimum absolute atomic E-state index is 0.0413. The Kier molecular flexibility index (Phi) is 7.26. The summed E-state index contributed by atoms with van der Waals surface area (Å²) in [4.78, 5) is 1.24. The Hall–Kier alpha value is 0.0200. The highest BCUT2D eigenvalue weighted by Gasteiger charge is 2.22. The number of thiophene rings is 1. The topological polar surface area (TPSA) is 56.5 Å². The van der Waals surface area contributed by atoms with Crippen molar-refractivity contribution in [2.24, 2.45) is 5.84 Å². The maximum atomic E-state index is 5.57. The van der Waals surface area contributed by atoms with Gasteiger partial charge in [0.05, 0.1) is 6.04 Å². The standard InChI is InChI=1S/C11H19BrN2O2S/c1-3-15-11(16-4-2)10(14-13)6-9-5-8(12)7-17-9/h5,7,10-11,14H,3-4,6,13H2,1-2H3. The van der Waals surface area contributed by atoms with Crippen molar-refractivity contribution < 1.29 is 9.47 Å². The highest BCUT2D eigenvalue weighted by atomic mass is 79.9. The smallest absolute Gasteiger partial charge is 0.174 e. The molecule has 1 heterocycles. The van der Waals surface area contributed by atoms with Crippen LogP contribution in [0.25, 0.3) is 0 Å². The van der Waals surface area contributed by atoms with Gasteiger partial charge in [0.2, 0.25) is 0 Å². The zero-order valence-electron chi connectivity index (χ0n) is 10.1. The van der Waals surface area contributed by atoms with Gasteiger partial charge in [-0.25, -0.2) is 0 Å². The van der Waals surface area contributed by atoms with Gasteiger partial charge in [-0.3, -0.25) is 11.3 Å². The number of nitrogens with two attached hydrogens (primary N) is 1. The molecular formula is C11H19BrN2O2S. The third kappa shape index (κ3) is 5.03. The van der Waals surface area contributed by atoms with Gasteiger partial charge >= 0.3 is 0 Å². The van der Waals surface area contributed by atoms with Crippen molar-refractivity contribution in [2.75, 3.05) is 13.2 Å². The fourth-order valence-electron chi connectivity index (χ4n) is 1.52. The van der Waals surface area contributed by atoms with Crippen LogP contribution in [0.15, 0.2) is 15.9 Å². The number of rotatable bonds is 8. The summed E-state index contributed by atoms with van der Waals surface area (Å²) in [5.41, 5.74) is 2.77. The van der Waals surface area contributed by atoms with Crippen LogP contribution in [-0.2, 0) is 15.9 Å². The zero-order chi connectivity index (χ0) is 12.7. The molecule has 98 valence electrons. The summed E-state index contributed by atoms with van der Waals surface area (Å²) in [6, 6.07) is 2.05. The molecule has 1 rings (SSSR count). The second kappa shape index (κ2) is 8.18. The van der Waals surface area contributed by atoms with Gasteiger partial charge < -0.3 is 9.47 Å². The lowest BCUT2D eigenvalue weighted by atomic mass is 10.2. The average molecular weight is 323 g/mol. The van der Waals surface area contributed by atoms with E-state index in [1.165, 1.54) is 4.88 Å². The second-order valence-corrected chi connectivity index (χ2v) is 5.40. The molecule has 1 unspecified atom stereocenters. The molecule has 0 aliphatic heterocycles. The molecule has 0 saturated heterocycles. The van der Waals surface area contributed by atoms with E-state index in [0.29, 0.717) is 13.2 Å². The molecule has 6 heteroatoms. The number of hydrogen-bond acceptors (Lipinski definition) is 5. The predicted molar refractivity (Wildman–Crippen MR) is 73.9 cm³/mol. The molecule has 0 radical (unpaired) electrons. The van der Waals surface area contributed by atoms with Gasteiger partial charge in [0.15, 0.2) is 6.29 Å². The quantitative estimate of drug-likeness (QED) is 0.438. The van der Waals surface area contributed by atoms with Crippen molar-refractivity contribution in [1.82, 2.24) is 5.43 Å². The van der Waals surface area contributed by atoms with Crippen molar-refractivity contribution in [3.05, 3.63) is 20.8 Å². The van der Waals surface area contributed by atoms with Crippen molar-refractivity contribution in [1.29, 1.82) is 0 Å². The van der Waals surface area contributed by atoms with Crippen LogP contribution in [0.4, 0.5) is 0 Å². The molecule has 0 saturated carbocycles. The van der Waals surface area contributed by atoms with Crippen LogP contribution in [-0.4, -0.2) is 25.5 Å². The van der Waals surface area contributed by atoms with Gasteiger partial charge in [-0.2, -0.15) is 0 Å². The monoisotopic (exact) mass is 322 g/mol. The van der Waals surface area contributed by atoms with Gasteiger partial charge in [-0.05, 0) is 35.8 Å². The van der Waals surface area contributed by atoms with Crippen molar-refractivity contribution in [3.63, 3.8) is 0 Å². The SMILES string of the molecule is CCOC(OCC)C(Cc1cc(Br)cs1)NN. The fraction of sp³-hybridized carbons (Fsp3) is 0.636. The average Bonchev–Trinajstić information content (AvgIpc) is 2.72. The lowest BCUT2D eigenvalue weighted by molar-refractivity contribution is -0.153. The molecule has 17 heavy (non-hydrogen) atoms. The lowest BCUT2D eigenvalue weighted by Crippen LogP contribution is -2.47. The van der Waals surface area contributed by atoms with Crippen LogP contribution in [0.3, 0.4) is 0 Å². The van der Waals surface area contributed by atoms with E-state index in [4.69, 9.17) is 15.3 Å². The van der Waals surface area contributed by atoms with E-state index in [1.54, 1.807) is 11.3 Å². The Morgan fingerprint density at radius 2 is 2.06 bits per heavy atom. The summed E-state index contributed by atoms with van der Waals surface area (Å²) in [6.45, 7) is 5.11. The van der Waals surface area contributed by atoms with E-state index < -0.39 is 0 Å². The summed E-state index contributed by atoms with van der Waals surface area (Å²) in [5, 5.41) is 2.05. The van der Waals surface area contributed by atoms with E-state index in [1.807, 2.05) is 13.8 Å². The Morgan fingerprint density at radius 1 is 1.41 bits per heavy atom. The van der Waals surface area contributed by atoms with E-state index in [9.17, 15) is 0 Å².